The molecule has 0 radical (unpaired) electrons. The Kier molecular flexibility index (Phi) is 3.89. The van der Waals surface area contributed by atoms with Crippen molar-refractivity contribution in [2.75, 3.05) is 13.1 Å². The topological polar surface area (TPSA) is 56.7 Å². The SMILES string of the molecule is CC1CN=C(NCC(O)(c2ccccc2)C(F)(F)F)N1. The van der Waals surface area contributed by atoms with Crippen LogP contribution in [0.25, 0.3) is 0 Å². The number of guanidine groups is 1. The van der Waals surface area contributed by atoms with Crippen molar-refractivity contribution in [2.24, 2.45) is 4.99 Å². The first-order valence-electron chi connectivity index (χ1n) is 6.22. The van der Waals surface area contributed by atoms with E-state index in [2.05, 4.69) is 15.6 Å². The predicted octanol–water partition coefficient (Wildman–Crippen LogP) is 1.37. The Morgan fingerprint density at radius 2 is 2.00 bits per heavy atom. The fourth-order valence-corrected chi connectivity index (χ4v) is 1.95. The lowest BCUT2D eigenvalue weighted by Crippen LogP contribution is -2.52. The van der Waals surface area contributed by atoms with Crippen LogP contribution in [0.2, 0.25) is 0 Å². The van der Waals surface area contributed by atoms with Gasteiger partial charge in [-0.15, -0.1) is 0 Å². The van der Waals surface area contributed by atoms with Gasteiger partial charge in [0.05, 0.1) is 13.1 Å². The molecule has 7 heteroatoms. The molecule has 0 spiro atoms. The number of alkyl halides is 3. The lowest BCUT2D eigenvalue weighted by atomic mass is 9.93. The molecule has 2 atom stereocenters. The Morgan fingerprint density at radius 3 is 2.50 bits per heavy atom. The molecule has 0 aliphatic carbocycles. The maximum absolute atomic E-state index is 13.2. The van der Waals surface area contributed by atoms with Gasteiger partial charge in [-0.05, 0) is 12.5 Å². The average molecular weight is 287 g/mol. The third-order valence-electron chi connectivity index (χ3n) is 3.14. The zero-order valence-corrected chi connectivity index (χ0v) is 10.9. The largest absolute Gasteiger partial charge is 0.423 e. The lowest BCUT2D eigenvalue weighted by molar-refractivity contribution is -0.263. The fourth-order valence-electron chi connectivity index (χ4n) is 1.95. The quantitative estimate of drug-likeness (QED) is 0.787. The van der Waals surface area contributed by atoms with Crippen LogP contribution >= 0.6 is 0 Å². The Hall–Kier alpha value is -1.76. The molecular formula is C13H16F3N3O. The second-order valence-corrected chi connectivity index (χ2v) is 4.81. The maximum Gasteiger partial charge on any atom is 0.423 e. The number of hydrogen-bond acceptors (Lipinski definition) is 4. The number of nitrogens with zero attached hydrogens (tertiary/aromatic N) is 1. The summed E-state index contributed by atoms with van der Waals surface area (Å²) >= 11 is 0. The highest BCUT2D eigenvalue weighted by Gasteiger charge is 2.55. The van der Waals surface area contributed by atoms with Crippen molar-refractivity contribution in [1.29, 1.82) is 0 Å². The van der Waals surface area contributed by atoms with Crippen LogP contribution < -0.4 is 10.6 Å². The van der Waals surface area contributed by atoms with Gasteiger partial charge in [0.15, 0.2) is 5.96 Å². The van der Waals surface area contributed by atoms with E-state index in [0.29, 0.717) is 6.54 Å². The van der Waals surface area contributed by atoms with E-state index in [1.807, 2.05) is 6.92 Å². The van der Waals surface area contributed by atoms with Crippen molar-refractivity contribution in [2.45, 2.75) is 24.7 Å². The van der Waals surface area contributed by atoms with Gasteiger partial charge < -0.3 is 15.7 Å². The summed E-state index contributed by atoms with van der Waals surface area (Å²) in [6, 6.07) is 7.09. The molecule has 0 aromatic heterocycles. The molecule has 1 aliphatic rings. The molecule has 1 heterocycles. The first-order valence-corrected chi connectivity index (χ1v) is 6.22. The fraction of sp³-hybridized carbons (Fsp3) is 0.462. The summed E-state index contributed by atoms with van der Waals surface area (Å²) in [5.74, 6) is 0.274. The van der Waals surface area contributed by atoms with Gasteiger partial charge >= 0.3 is 6.18 Å². The summed E-state index contributed by atoms with van der Waals surface area (Å²) in [6.45, 7) is 1.67. The molecule has 3 N–H and O–H groups in total. The zero-order valence-electron chi connectivity index (χ0n) is 10.9. The highest BCUT2D eigenvalue weighted by atomic mass is 19.4. The minimum atomic E-state index is -4.79. The van der Waals surface area contributed by atoms with E-state index in [-0.39, 0.29) is 17.6 Å². The number of aliphatic hydroxyl groups is 1. The van der Waals surface area contributed by atoms with Gasteiger partial charge in [0.1, 0.15) is 0 Å². The van der Waals surface area contributed by atoms with Crippen molar-refractivity contribution in [1.82, 2.24) is 10.6 Å². The maximum atomic E-state index is 13.2. The van der Waals surface area contributed by atoms with E-state index in [1.54, 1.807) is 6.07 Å². The summed E-state index contributed by atoms with van der Waals surface area (Å²) in [5.41, 5.74) is -3.16. The van der Waals surface area contributed by atoms with Crippen molar-refractivity contribution in [3.63, 3.8) is 0 Å². The molecule has 4 nitrogen and oxygen atoms in total. The molecule has 2 rings (SSSR count). The average Bonchev–Trinajstić information content (AvgIpc) is 2.81. The minimum absolute atomic E-state index is 0.0770. The molecule has 1 aromatic rings. The Bertz CT molecular complexity index is 489. The van der Waals surface area contributed by atoms with Gasteiger partial charge in [-0.25, -0.2) is 0 Å². The van der Waals surface area contributed by atoms with Gasteiger partial charge in [0, 0.05) is 6.04 Å². The molecule has 0 fully saturated rings. The first-order chi connectivity index (χ1) is 9.33. The number of aliphatic imine (C=N–C) groups is 1. The van der Waals surface area contributed by atoms with Crippen LogP contribution in [0.15, 0.2) is 35.3 Å². The van der Waals surface area contributed by atoms with Gasteiger partial charge in [-0.1, -0.05) is 30.3 Å². The summed E-state index contributed by atoms with van der Waals surface area (Å²) in [6.07, 6.45) is -4.79. The van der Waals surface area contributed by atoms with Crippen molar-refractivity contribution in [3.8, 4) is 0 Å². The van der Waals surface area contributed by atoms with Crippen molar-refractivity contribution < 1.29 is 18.3 Å². The molecule has 20 heavy (non-hydrogen) atoms. The molecule has 110 valence electrons. The number of halogens is 3. The highest BCUT2D eigenvalue weighted by molar-refractivity contribution is 5.81. The van der Waals surface area contributed by atoms with Gasteiger partial charge in [-0.3, -0.25) is 4.99 Å². The lowest BCUT2D eigenvalue weighted by Gasteiger charge is -2.31. The molecule has 0 saturated heterocycles. The normalized spacial score (nSPS) is 21.9. The Labute approximate surface area is 114 Å². The molecule has 0 amide bonds. The molecule has 1 aromatic carbocycles. The second kappa shape index (κ2) is 5.32. The standard InChI is InChI=1S/C13H16F3N3O/c1-9-7-17-11(19-9)18-8-12(20,13(14,15)16)10-5-3-2-4-6-10/h2-6,9,20H,7-8H2,1H3,(H2,17,18,19). The Balaban J connectivity index is 2.17. The number of rotatable bonds is 3. The zero-order chi connectivity index (χ0) is 14.8. The van der Waals surface area contributed by atoms with Crippen LogP contribution in [0.3, 0.4) is 0 Å². The summed E-state index contributed by atoms with van der Waals surface area (Å²) < 4.78 is 39.6. The monoisotopic (exact) mass is 287 g/mol. The van der Waals surface area contributed by atoms with E-state index in [0.717, 1.165) is 0 Å². The van der Waals surface area contributed by atoms with Gasteiger partial charge in [-0.2, -0.15) is 13.2 Å². The van der Waals surface area contributed by atoms with E-state index >= 15 is 0 Å². The van der Waals surface area contributed by atoms with Crippen LogP contribution in [-0.4, -0.2) is 36.4 Å². The second-order valence-electron chi connectivity index (χ2n) is 4.81. The molecule has 1 aliphatic heterocycles. The number of benzene rings is 1. The summed E-state index contributed by atoms with van der Waals surface area (Å²) in [7, 11) is 0. The number of hydrogen-bond donors (Lipinski definition) is 3. The molecule has 2 unspecified atom stereocenters. The van der Waals surface area contributed by atoms with Gasteiger partial charge in [0.25, 0.3) is 0 Å². The summed E-state index contributed by atoms with van der Waals surface area (Å²) in [4.78, 5) is 4.01. The number of nitrogens with one attached hydrogen (secondary N) is 2. The minimum Gasteiger partial charge on any atom is -0.375 e. The van der Waals surface area contributed by atoms with Crippen molar-refractivity contribution in [3.05, 3.63) is 35.9 Å². The van der Waals surface area contributed by atoms with E-state index in [9.17, 15) is 18.3 Å². The van der Waals surface area contributed by atoms with Crippen LogP contribution in [0.1, 0.15) is 12.5 Å². The molecule has 0 bridgehead atoms. The van der Waals surface area contributed by atoms with Crippen molar-refractivity contribution >= 4 is 5.96 Å². The van der Waals surface area contributed by atoms with E-state index < -0.39 is 18.3 Å². The summed E-state index contributed by atoms with van der Waals surface area (Å²) in [5, 5.41) is 15.5. The van der Waals surface area contributed by atoms with E-state index in [1.165, 1.54) is 24.3 Å². The first kappa shape index (κ1) is 14.6. The smallest absolute Gasteiger partial charge is 0.375 e. The van der Waals surface area contributed by atoms with Crippen LogP contribution in [0.5, 0.6) is 0 Å². The predicted molar refractivity (Wildman–Crippen MR) is 69.3 cm³/mol. The Morgan fingerprint density at radius 1 is 1.35 bits per heavy atom. The third-order valence-corrected chi connectivity index (χ3v) is 3.14. The van der Waals surface area contributed by atoms with Crippen LogP contribution in [0, 0.1) is 0 Å². The molecule has 0 saturated carbocycles. The van der Waals surface area contributed by atoms with E-state index in [4.69, 9.17) is 0 Å². The van der Waals surface area contributed by atoms with Crippen LogP contribution in [-0.2, 0) is 5.60 Å². The third kappa shape index (κ3) is 2.87. The molecular weight excluding hydrogens is 271 g/mol. The highest BCUT2D eigenvalue weighted by Crippen LogP contribution is 2.38. The van der Waals surface area contributed by atoms with Crippen LogP contribution in [0.4, 0.5) is 13.2 Å². The van der Waals surface area contributed by atoms with Gasteiger partial charge in [0.2, 0.25) is 5.60 Å².